The van der Waals surface area contributed by atoms with Gasteiger partial charge in [-0.3, -0.25) is 0 Å². The highest BCUT2D eigenvalue weighted by Crippen LogP contribution is 2.21. The second kappa shape index (κ2) is 6.85. The van der Waals surface area contributed by atoms with E-state index in [1.165, 1.54) is 16.5 Å². The van der Waals surface area contributed by atoms with Crippen molar-refractivity contribution in [2.24, 2.45) is 0 Å². The average molecular weight is 329 g/mol. The Morgan fingerprint density at radius 1 is 1.33 bits per heavy atom. The number of ether oxygens (including phenoxy) is 1. The number of aromatic nitrogens is 1. The summed E-state index contributed by atoms with van der Waals surface area (Å²) in [6.07, 6.45) is 3.75. The SMILES string of the molecule is CC(C)(C)OC(=O)N1CCNCC1CCc1c[nH]c2ccccc12. The molecular formula is C19H27N3O2. The van der Waals surface area contributed by atoms with Crippen molar-refractivity contribution in [1.29, 1.82) is 0 Å². The minimum atomic E-state index is -0.455. The Kier molecular flexibility index (Phi) is 4.81. The van der Waals surface area contributed by atoms with Crippen molar-refractivity contribution in [1.82, 2.24) is 15.2 Å². The number of rotatable bonds is 3. The van der Waals surface area contributed by atoms with Crippen molar-refractivity contribution in [2.45, 2.75) is 45.3 Å². The molecule has 0 spiro atoms. The van der Waals surface area contributed by atoms with E-state index in [-0.39, 0.29) is 12.1 Å². The molecule has 1 aliphatic heterocycles. The first kappa shape index (κ1) is 16.8. The van der Waals surface area contributed by atoms with Crippen LogP contribution in [0.1, 0.15) is 32.8 Å². The summed E-state index contributed by atoms with van der Waals surface area (Å²) in [5, 5.41) is 4.66. The topological polar surface area (TPSA) is 57.4 Å². The Hall–Kier alpha value is -2.01. The monoisotopic (exact) mass is 329 g/mol. The Morgan fingerprint density at radius 2 is 2.12 bits per heavy atom. The van der Waals surface area contributed by atoms with Crippen LogP contribution in [0, 0.1) is 0 Å². The number of nitrogens with zero attached hydrogens (tertiary/aromatic N) is 1. The Morgan fingerprint density at radius 3 is 2.92 bits per heavy atom. The summed E-state index contributed by atoms with van der Waals surface area (Å²) < 4.78 is 5.57. The number of piperazine rings is 1. The highest BCUT2D eigenvalue weighted by atomic mass is 16.6. The molecule has 1 unspecified atom stereocenters. The number of aryl methyl sites for hydroxylation is 1. The van der Waals surface area contributed by atoms with Gasteiger partial charge in [0.2, 0.25) is 0 Å². The van der Waals surface area contributed by atoms with Crippen LogP contribution in [0.4, 0.5) is 4.79 Å². The lowest BCUT2D eigenvalue weighted by Gasteiger charge is -2.37. The molecule has 1 aliphatic rings. The van der Waals surface area contributed by atoms with Gasteiger partial charge in [-0.05, 0) is 45.2 Å². The predicted octanol–water partition coefficient (Wildman–Crippen LogP) is 3.31. The number of H-pyrrole nitrogens is 1. The number of fused-ring (bicyclic) bond motifs is 1. The maximum atomic E-state index is 12.5. The zero-order chi connectivity index (χ0) is 17.2. The van der Waals surface area contributed by atoms with Crippen molar-refractivity contribution in [3.8, 4) is 0 Å². The van der Waals surface area contributed by atoms with E-state index in [1.807, 2.05) is 31.7 Å². The lowest BCUT2D eigenvalue weighted by molar-refractivity contribution is 0.0112. The van der Waals surface area contributed by atoms with Crippen molar-refractivity contribution >= 4 is 17.0 Å². The van der Waals surface area contributed by atoms with E-state index < -0.39 is 5.60 Å². The zero-order valence-corrected chi connectivity index (χ0v) is 14.8. The lowest BCUT2D eigenvalue weighted by atomic mass is 10.0. The normalized spacial score (nSPS) is 18.8. The van der Waals surface area contributed by atoms with E-state index in [2.05, 4.69) is 34.7 Å². The molecule has 1 aromatic heterocycles. The lowest BCUT2D eigenvalue weighted by Crippen LogP contribution is -2.54. The molecule has 2 heterocycles. The van der Waals surface area contributed by atoms with E-state index in [9.17, 15) is 4.79 Å². The third-order valence-corrected chi connectivity index (χ3v) is 4.40. The Bertz CT molecular complexity index is 702. The highest BCUT2D eigenvalue weighted by molar-refractivity contribution is 5.83. The third-order valence-electron chi connectivity index (χ3n) is 4.40. The molecule has 0 saturated carbocycles. The zero-order valence-electron chi connectivity index (χ0n) is 14.8. The van der Waals surface area contributed by atoms with Crippen molar-refractivity contribution in [2.75, 3.05) is 19.6 Å². The van der Waals surface area contributed by atoms with E-state index >= 15 is 0 Å². The van der Waals surface area contributed by atoms with Crippen LogP contribution in [0.5, 0.6) is 0 Å². The predicted molar refractivity (Wildman–Crippen MR) is 96.2 cm³/mol. The average Bonchev–Trinajstić information content (AvgIpc) is 2.95. The third kappa shape index (κ3) is 3.90. The number of benzene rings is 1. The number of nitrogens with one attached hydrogen (secondary N) is 2. The maximum absolute atomic E-state index is 12.5. The summed E-state index contributed by atoms with van der Waals surface area (Å²) in [7, 11) is 0. The van der Waals surface area contributed by atoms with E-state index in [0.29, 0.717) is 6.54 Å². The number of aromatic amines is 1. The summed E-state index contributed by atoms with van der Waals surface area (Å²) in [4.78, 5) is 17.7. The molecule has 1 fully saturated rings. The minimum Gasteiger partial charge on any atom is -0.444 e. The standard InChI is InChI=1S/C19H27N3O2/c1-19(2,3)24-18(23)22-11-10-20-13-15(22)9-8-14-12-21-17-7-5-4-6-16(14)17/h4-7,12,15,20-21H,8-11,13H2,1-3H3. The molecule has 130 valence electrons. The van der Waals surface area contributed by atoms with Crippen LogP contribution in [0.2, 0.25) is 0 Å². The maximum Gasteiger partial charge on any atom is 0.410 e. The van der Waals surface area contributed by atoms with E-state index in [4.69, 9.17) is 4.74 Å². The van der Waals surface area contributed by atoms with Crippen molar-refractivity contribution in [3.63, 3.8) is 0 Å². The summed E-state index contributed by atoms with van der Waals surface area (Å²) in [5.41, 5.74) is 2.02. The molecule has 1 aromatic carbocycles. The summed E-state index contributed by atoms with van der Waals surface area (Å²) in [5.74, 6) is 0. The number of hydrogen-bond donors (Lipinski definition) is 2. The Labute approximate surface area is 143 Å². The van der Waals surface area contributed by atoms with Gasteiger partial charge in [-0.15, -0.1) is 0 Å². The van der Waals surface area contributed by atoms with Gasteiger partial charge in [-0.1, -0.05) is 18.2 Å². The largest absolute Gasteiger partial charge is 0.444 e. The van der Waals surface area contributed by atoms with Crippen LogP contribution in [-0.2, 0) is 11.2 Å². The number of para-hydroxylation sites is 1. The second-order valence-electron chi connectivity index (χ2n) is 7.43. The van der Waals surface area contributed by atoms with Gasteiger partial charge < -0.3 is 19.9 Å². The molecule has 0 aliphatic carbocycles. The molecule has 5 nitrogen and oxygen atoms in total. The van der Waals surface area contributed by atoms with Gasteiger partial charge in [0.05, 0.1) is 0 Å². The fraction of sp³-hybridized carbons (Fsp3) is 0.526. The molecule has 5 heteroatoms. The summed E-state index contributed by atoms with van der Waals surface area (Å²) in [6.45, 7) is 8.08. The number of amides is 1. The molecule has 1 atom stereocenters. The highest BCUT2D eigenvalue weighted by Gasteiger charge is 2.30. The van der Waals surface area contributed by atoms with Crippen LogP contribution in [-0.4, -0.2) is 47.3 Å². The van der Waals surface area contributed by atoms with Gasteiger partial charge in [-0.25, -0.2) is 4.79 Å². The molecule has 24 heavy (non-hydrogen) atoms. The first-order valence-electron chi connectivity index (χ1n) is 8.69. The van der Waals surface area contributed by atoms with Crippen LogP contribution in [0.25, 0.3) is 10.9 Å². The first-order valence-corrected chi connectivity index (χ1v) is 8.69. The molecular weight excluding hydrogens is 302 g/mol. The van der Waals surface area contributed by atoms with Crippen LogP contribution in [0.15, 0.2) is 30.5 Å². The number of carbonyl (C=O) groups is 1. The van der Waals surface area contributed by atoms with E-state index in [1.54, 1.807) is 0 Å². The smallest absolute Gasteiger partial charge is 0.410 e. The van der Waals surface area contributed by atoms with Crippen LogP contribution in [0.3, 0.4) is 0 Å². The van der Waals surface area contributed by atoms with Gasteiger partial charge in [-0.2, -0.15) is 0 Å². The quantitative estimate of drug-likeness (QED) is 0.908. The molecule has 2 aromatic rings. The second-order valence-corrected chi connectivity index (χ2v) is 7.43. The van der Waals surface area contributed by atoms with Gasteiger partial charge in [0, 0.05) is 42.8 Å². The van der Waals surface area contributed by atoms with Gasteiger partial charge in [0.25, 0.3) is 0 Å². The van der Waals surface area contributed by atoms with Crippen LogP contribution < -0.4 is 5.32 Å². The molecule has 0 radical (unpaired) electrons. The molecule has 3 rings (SSSR count). The first-order chi connectivity index (χ1) is 11.4. The fourth-order valence-corrected chi connectivity index (χ4v) is 3.24. The summed E-state index contributed by atoms with van der Waals surface area (Å²) >= 11 is 0. The van der Waals surface area contributed by atoms with Crippen molar-refractivity contribution < 1.29 is 9.53 Å². The number of carbonyl (C=O) groups excluding carboxylic acids is 1. The van der Waals surface area contributed by atoms with Crippen LogP contribution >= 0.6 is 0 Å². The minimum absolute atomic E-state index is 0.169. The van der Waals surface area contributed by atoms with Gasteiger partial charge in [0.1, 0.15) is 5.60 Å². The molecule has 0 bridgehead atoms. The van der Waals surface area contributed by atoms with E-state index in [0.717, 1.165) is 25.9 Å². The molecule has 1 saturated heterocycles. The molecule has 2 N–H and O–H groups in total. The van der Waals surface area contributed by atoms with Gasteiger partial charge >= 0.3 is 6.09 Å². The fourth-order valence-electron chi connectivity index (χ4n) is 3.24. The number of hydrogen-bond acceptors (Lipinski definition) is 3. The Balaban J connectivity index is 1.67. The summed E-state index contributed by atoms with van der Waals surface area (Å²) in [6, 6.07) is 8.51. The van der Waals surface area contributed by atoms with Gasteiger partial charge in [0.15, 0.2) is 0 Å². The van der Waals surface area contributed by atoms with Crippen molar-refractivity contribution in [3.05, 3.63) is 36.0 Å². The molecule has 1 amide bonds.